The molecule has 0 heterocycles. The van der Waals surface area contributed by atoms with Gasteiger partial charge in [0.15, 0.2) is 0 Å². The van der Waals surface area contributed by atoms with Crippen LogP contribution in [0.1, 0.15) is 24.8 Å². The number of carbonyl (C=O) groups is 2. The highest BCUT2D eigenvalue weighted by molar-refractivity contribution is 9.10. The average Bonchev–Trinajstić information content (AvgIpc) is 2.42. The molecule has 108 valence electrons. The number of carboxylic acid groups (broad SMARTS) is 1. The molecule has 5 heteroatoms. The van der Waals surface area contributed by atoms with Gasteiger partial charge in [-0.1, -0.05) is 34.1 Å². The summed E-state index contributed by atoms with van der Waals surface area (Å²) >= 11 is 3.35. The van der Waals surface area contributed by atoms with Crippen LogP contribution in [-0.4, -0.2) is 23.0 Å². The molecular formula is C15H18BrNO3. The maximum absolute atomic E-state index is 11.8. The minimum absolute atomic E-state index is 0.246. The Balaban J connectivity index is 2.43. The molecule has 1 amide bonds. The van der Waals surface area contributed by atoms with Crippen molar-refractivity contribution in [1.29, 1.82) is 0 Å². The monoisotopic (exact) mass is 339 g/mol. The lowest BCUT2D eigenvalue weighted by atomic mass is 10.1. The number of aryl methyl sites for hydroxylation is 1. The van der Waals surface area contributed by atoms with Gasteiger partial charge in [-0.05, 0) is 37.0 Å². The van der Waals surface area contributed by atoms with Gasteiger partial charge in [0.05, 0.1) is 0 Å². The Morgan fingerprint density at radius 2 is 2.00 bits per heavy atom. The molecule has 1 aromatic rings. The Morgan fingerprint density at radius 3 is 2.55 bits per heavy atom. The fourth-order valence-corrected chi connectivity index (χ4v) is 1.98. The molecule has 20 heavy (non-hydrogen) atoms. The van der Waals surface area contributed by atoms with Gasteiger partial charge in [-0.2, -0.15) is 0 Å². The average molecular weight is 340 g/mol. The van der Waals surface area contributed by atoms with Crippen molar-refractivity contribution in [3.8, 4) is 0 Å². The summed E-state index contributed by atoms with van der Waals surface area (Å²) in [5.74, 6) is -1.26. The number of benzene rings is 1. The summed E-state index contributed by atoms with van der Waals surface area (Å²) in [6.07, 6.45) is 3.43. The number of nitrogens with one attached hydrogen (secondary N) is 1. The molecule has 1 atom stereocenters. The van der Waals surface area contributed by atoms with Gasteiger partial charge >= 0.3 is 5.97 Å². The number of carboxylic acids is 1. The molecule has 0 fully saturated rings. The minimum atomic E-state index is -1.01. The van der Waals surface area contributed by atoms with E-state index in [2.05, 4.69) is 27.8 Å². The summed E-state index contributed by atoms with van der Waals surface area (Å²) in [7, 11) is 0. The molecule has 0 saturated carbocycles. The number of halogens is 1. The predicted octanol–water partition coefficient (Wildman–Crippen LogP) is 2.92. The van der Waals surface area contributed by atoms with E-state index in [0.717, 1.165) is 10.0 Å². The fourth-order valence-electron chi connectivity index (χ4n) is 1.72. The Bertz CT molecular complexity index is 471. The zero-order valence-corrected chi connectivity index (χ0v) is 12.7. The largest absolute Gasteiger partial charge is 0.480 e. The van der Waals surface area contributed by atoms with Gasteiger partial charge in [0.25, 0.3) is 0 Å². The van der Waals surface area contributed by atoms with Crippen LogP contribution in [0.25, 0.3) is 0 Å². The number of hydrogen-bond acceptors (Lipinski definition) is 2. The summed E-state index contributed by atoms with van der Waals surface area (Å²) in [5, 5.41) is 11.5. The van der Waals surface area contributed by atoms with Crippen molar-refractivity contribution in [3.63, 3.8) is 0 Å². The van der Waals surface area contributed by atoms with Crippen molar-refractivity contribution < 1.29 is 14.7 Å². The molecule has 0 aliphatic carbocycles. The molecule has 1 rings (SSSR count). The number of rotatable bonds is 8. The van der Waals surface area contributed by atoms with Crippen molar-refractivity contribution in [1.82, 2.24) is 5.32 Å². The van der Waals surface area contributed by atoms with E-state index in [0.29, 0.717) is 19.3 Å². The van der Waals surface area contributed by atoms with Crippen LogP contribution in [0.3, 0.4) is 0 Å². The molecule has 0 bridgehead atoms. The first kappa shape index (κ1) is 16.4. The molecule has 0 saturated heterocycles. The number of amides is 1. The van der Waals surface area contributed by atoms with Crippen molar-refractivity contribution in [2.24, 2.45) is 0 Å². The molecule has 1 unspecified atom stereocenters. The van der Waals surface area contributed by atoms with Crippen LogP contribution in [0.4, 0.5) is 0 Å². The summed E-state index contributed by atoms with van der Waals surface area (Å²) in [4.78, 5) is 22.8. The number of hydrogen-bond donors (Lipinski definition) is 2. The van der Waals surface area contributed by atoms with Crippen LogP contribution in [0.2, 0.25) is 0 Å². The lowest BCUT2D eigenvalue weighted by Crippen LogP contribution is -2.40. The molecule has 0 aliphatic heterocycles. The Morgan fingerprint density at radius 1 is 1.35 bits per heavy atom. The van der Waals surface area contributed by atoms with Crippen molar-refractivity contribution in [2.45, 2.75) is 31.7 Å². The summed E-state index contributed by atoms with van der Waals surface area (Å²) in [6, 6.07) is 6.85. The second kappa shape index (κ2) is 8.53. The normalized spacial score (nSPS) is 11.7. The standard InChI is InChI=1S/C15H18BrNO3/c1-2-3-4-13(15(19)20)17-14(18)10-7-11-5-8-12(16)9-6-11/h2,5-6,8-9,13H,1,3-4,7,10H2,(H,17,18)(H,19,20). The lowest BCUT2D eigenvalue weighted by Gasteiger charge is -2.13. The van der Waals surface area contributed by atoms with Crippen molar-refractivity contribution in [2.75, 3.05) is 0 Å². The predicted molar refractivity (Wildman–Crippen MR) is 81.5 cm³/mol. The van der Waals surface area contributed by atoms with E-state index < -0.39 is 12.0 Å². The fraction of sp³-hybridized carbons (Fsp3) is 0.333. The van der Waals surface area contributed by atoms with E-state index in [1.54, 1.807) is 6.08 Å². The molecule has 4 nitrogen and oxygen atoms in total. The van der Waals surface area contributed by atoms with E-state index in [1.165, 1.54) is 0 Å². The minimum Gasteiger partial charge on any atom is -0.480 e. The van der Waals surface area contributed by atoms with Gasteiger partial charge < -0.3 is 10.4 Å². The summed E-state index contributed by atoms with van der Waals surface area (Å²) in [6.45, 7) is 3.54. The zero-order chi connectivity index (χ0) is 15.0. The molecule has 0 aromatic heterocycles. The smallest absolute Gasteiger partial charge is 0.326 e. The van der Waals surface area contributed by atoms with Crippen LogP contribution in [-0.2, 0) is 16.0 Å². The summed E-state index contributed by atoms with van der Waals surface area (Å²) in [5.41, 5.74) is 1.04. The maximum Gasteiger partial charge on any atom is 0.326 e. The van der Waals surface area contributed by atoms with Gasteiger partial charge in [-0.15, -0.1) is 6.58 Å². The van der Waals surface area contributed by atoms with Gasteiger partial charge in [0, 0.05) is 10.9 Å². The SMILES string of the molecule is C=CCCC(NC(=O)CCc1ccc(Br)cc1)C(=O)O. The van der Waals surface area contributed by atoms with Crippen molar-refractivity contribution in [3.05, 3.63) is 47.0 Å². The Kier molecular flexibility index (Phi) is 7.01. The van der Waals surface area contributed by atoms with Crippen LogP contribution in [0.5, 0.6) is 0 Å². The molecule has 0 aliphatic rings. The van der Waals surface area contributed by atoms with Gasteiger partial charge in [0.1, 0.15) is 6.04 Å². The summed E-state index contributed by atoms with van der Waals surface area (Å²) < 4.78 is 0.987. The molecule has 0 radical (unpaired) electrons. The highest BCUT2D eigenvalue weighted by atomic mass is 79.9. The molecular weight excluding hydrogens is 322 g/mol. The highest BCUT2D eigenvalue weighted by Crippen LogP contribution is 2.11. The first-order chi connectivity index (χ1) is 9.52. The van der Waals surface area contributed by atoms with Crippen molar-refractivity contribution >= 4 is 27.8 Å². The second-order valence-corrected chi connectivity index (χ2v) is 5.37. The van der Waals surface area contributed by atoms with E-state index >= 15 is 0 Å². The highest BCUT2D eigenvalue weighted by Gasteiger charge is 2.18. The second-order valence-electron chi connectivity index (χ2n) is 4.45. The number of allylic oxidation sites excluding steroid dienone is 1. The van der Waals surface area contributed by atoms with Crippen LogP contribution in [0, 0.1) is 0 Å². The third kappa shape index (κ3) is 6.02. The lowest BCUT2D eigenvalue weighted by molar-refractivity contribution is -0.142. The van der Waals surface area contributed by atoms with E-state index in [4.69, 9.17) is 5.11 Å². The van der Waals surface area contributed by atoms with Gasteiger partial charge in [0.2, 0.25) is 5.91 Å². The topological polar surface area (TPSA) is 66.4 Å². The third-order valence-corrected chi connectivity index (χ3v) is 3.38. The maximum atomic E-state index is 11.8. The van der Waals surface area contributed by atoms with Crippen LogP contribution < -0.4 is 5.32 Å². The quantitative estimate of drug-likeness (QED) is 0.715. The Labute approximate surface area is 127 Å². The first-order valence-corrected chi connectivity index (χ1v) is 7.19. The van der Waals surface area contributed by atoms with E-state index in [1.807, 2.05) is 24.3 Å². The van der Waals surface area contributed by atoms with Crippen LogP contribution in [0.15, 0.2) is 41.4 Å². The molecule has 1 aromatic carbocycles. The number of aliphatic carboxylic acids is 1. The first-order valence-electron chi connectivity index (χ1n) is 6.40. The zero-order valence-electron chi connectivity index (χ0n) is 11.1. The van der Waals surface area contributed by atoms with E-state index in [-0.39, 0.29) is 12.3 Å². The third-order valence-electron chi connectivity index (χ3n) is 2.85. The van der Waals surface area contributed by atoms with Gasteiger partial charge in [-0.25, -0.2) is 4.79 Å². The molecule has 0 spiro atoms. The Hall–Kier alpha value is -1.62. The van der Waals surface area contributed by atoms with E-state index in [9.17, 15) is 9.59 Å². The number of carbonyl (C=O) groups excluding carboxylic acids is 1. The van der Waals surface area contributed by atoms with Gasteiger partial charge in [-0.3, -0.25) is 4.79 Å². The molecule has 2 N–H and O–H groups in total. The van der Waals surface area contributed by atoms with Crippen LogP contribution >= 0.6 is 15.9 Å².